The summed E-state index contributed by atoms with van der Waals surface area (Å²) in [6.45, 7) is 0.498. The van der Waals surface area contributed by atoms with Gasteiger partial charge in [-0.2, -0.15) is 0 Å². The van der Waals surface area contributed by atoms with Gasteiger partial charge in [-0.1, -0.05) is 15.9 Å². The molecule has 0 spiro atoms. The minimum Gasteiger partial charge on any atom is -0.496 e. The van der Waals surface area contributed by atoms with E-state index in [0.29, 0.717) is 12.3 Å². The van der Waals surface area contributed by atoms with Crippen molar-refractivity contribution < 1.29 is 9.53 Å². The fraction of sp³-hybridized carbons (Fsp3) is 0.200. The van der Waals surface area contributed by atoms with Gasteiger partial charge >= 0.3 is 0 Å². The van der Waals surface area contributed by atoms with Crippen LogP contribution in [-0.4, -0.2) is 18.0 Å². The first-order valence-electron chi connectivity index (χ1n) is 6.17. The third-order valence-corrected chi connectivity index (χ3v) is 3.33. The monoisotopic (exact) mass is 334 g/mol. The summed E-state index contributed by atoms with van der Waals surface area (Å²) in [7, 11) is 1.60. The maximum Gasteiger partial charge on any atom is 0.224 e. The number of halogens is 1. The number of methoxy groups -OCH3 is 1. The Bertz CT molecular complexity index is 588. The summed E-state index contributed by atoms with van der Waals surface area (Å²) in [6.07, 6.45) is 3.70. The van der Waals surface area contributed by atoms with Crippen LogP contribution in [0.4, 0.5) is 0 Å². The van der Waals surface area contributed by atoms with Crippen molar-refractivity contribution in [3.8, 4) is 5.75 Å². The SMILES string of the molecule is COc1ccc(Br)cc1CC(=O)NCc1ccncc1. The molecule has 0 saturated heterocycles. The van der Waals surface area contributed by atoms with Gasteiger partial charge in [-0.25, -0.2) is 0 Å². The molecule has 0 aliphatic carbocycles. The summed E-state index contributed by atoms with van der Waals surface area (Å²) >= 11 is 3.40. The van der Waals surface area contributed by atoms with Gasteiger partial charge in [0.15, 0.2) is 0 Å². The van der Waals surface area contributed by atoms with E-state index in [-0.39, 0.29) is 12.3 Å². The second kappa shape index (κ2) is 7.05. The summed E-state index contributed by atoms with van der Waals surface area (Å²) in [4.78, 5) is 15.9. The molecule has 0 bridgehead atoms. The normalized spacial score (nSPS) is 10.1. The molecule has 1 heterocycles. The predicted molar refractivity (Wildman–Crippen MR) is 80.5 cm³/mol. The largest absolute Gasteiger partial charge is 0.496 e. The van der Waals surface area contributed by atoms with E-state index in [9.17, 15) is 4.79 Å². The predicted octanol–water partition coefficient (Wildman–Crippen LogP) is 2.71. The number of ether oxygens (including phenoxy) is 1. The fourth-order valence-corrected chi connectivity index (χ4v) is 2.23. The molecule has 0 unspecified atom stereocenters. The molecule has 1 amide bonds. The Hall–Kier alpha value is -1.88. The number of hydrogen-bond donors (Lipinski definition) is 1. The van der Waals surface area contributed by atoms with Crippen molar-refractivity contribution >= 4 is 21.8 Å². The second-order valence-corrected chi connectivity index (χ2v) is 5.18. The highest BCUT2D eigenvalue weighted by molar-refractivity contribution is 9.10. The smallest absolute Gasteiger partial charge is 0.224 e. The average molecular weight is 335 g/mol. The highest BCUT2D eigenvalue weighted by Gasteiger charge is 2.09. The van der Waals surface area contributed by atoms with Crippen LogP contribution in [0.3, 0.4) is 0 Å². The Morgan fingerprint density at radius 3 is 2.75 bits per heavy atom. The van der Waals surface area contributed by atoms with E-state index in [1.54, 1.807) is 19.5 Å². The topological polar surface area (TPSA) is 51.2 Å². The van der Waals surface area contributed by atoms with Crippen molar-refractivity contribution in [2.45, 2.75) is 13.0 Å². The average Bonchev–Trinajstić information content (AvgIpc) is 2.46. The van der Waals surface area contributed by atoms with Crippen molar-refractivity contribution in [2.24, 2.45) is 0 Å². The molecule has 20 heavy (non-hydrogen) atoms. The number of aromatic nitrogens is 1. The van der Waals surface area contributed by atoms with E-state index in [4.69, 9.17) is 4.74 Å². The summed E-state index contributed by atoms with van der Waals surface area (Å²) in [5, 5.41) is 2.88. The van der Waals surface area contributed by atoms with E-state index >= 15 is 0 Å². The highest BCUT2D eigenvalue weighted by Crippen LogP contribution is 2.23. The molecule has 1 aromatic heterocycles. The van der Waals surface area contributed by atoms with Crippen LogP contribution in [0.5, 0.6) is 5.75 Å². The Kier molecular flexibility index (Phi) is 5.12. The standard InChI is InChI=1S/C15H15BrN2O2/c1-20-14-3-2-13(16)8-12(14)9-15(19)18-10-11-4-6-17-7-5-11/h2-8H,9-10H2,1H3,(H,18,19). The maximum atomic E-state index is 12.0. The Morgan fingerprint density at radius 1 is 1.30 bits per heavy atom. The first-order valence-corrected chi connectivity index (χ1v) is 6.96. The lowest BCUT2D eigenvalue weighted by molar-refractivity contribution is -0.120. The lowest BCUT2D eigenvalue weighted by Gasteiger charge is -2.09. The molecule has 1 N–H and O–H groups in total. The van der Waals surface area contributed by atoms with Gasteiger partial charge in [-0.15, -0.1) is 0 Å². The second-order valence-electron chi connectivity index (χ2n) is 4.27. The fourth-order valence-electron chi connectivity index (χ4n) is 1.82. The molecule has 1 aromatic carbocycles. The maximum absolute atomic E-state index is 12.0. The minimum atomic E-state index is -0.0433. The zero-order chi connectivity index (χ0) is 14.4. The van der Waals surface area contributed by atoms with Gasteiger partial charge in [0.25, 0.3) is 0 Å². The number of carbonyl (C=O) groups excluding carboxylic acids is 1. The number of benzene rings is 1. The van der Waals surface area contributed by atoms with E-state index in [1.165, 1.54) is 0 Å². The van der Waals surface area contributed by atoms with E-state index in [1.807, 2.05) is 30.3 Å². The molecule has 2 rings (SSSR count). The number of pyridine rings is 1. The molecule has 0 radical (unpaired) electrons. The summed E-state index contributed by atoms with van der Waals surface area (Å²) in [5.74, 6) is 0.672. The van der Waals surface area contributed by atoms with Crippen molar-refractivity contribution in [2.75, 3.05) is 7.11 Å². The zero-order valence-corrected chi connectivity index (χ0v) is 12.7. The molecular formula is C15H15BrN2O2. The zero-order valence-electron chi connectivity index (χ0n) is 11.1. The van der Waals surface area contributed by atoms with Crippen molar-refractivity contribution in [3.63, 3.8) is 0 Å². The van der Waals surface area contributed by atoms with Crippen molar-refractivity contribution in [1.29, 1.82) is 0 Å². The van der Waals surface area contributed by atoms with Crippen LogP contribution in [0.25, 0.3) is 0 Å². The third kappa shape index (κ3) is 4.06. The molecule has 104 valence electrons. The first-order chi connectivity index (χ1) is 9.69. The van der Waals surface area contributed by atoms with Crippen molar-refractivity contribution in [1.82, 2.24) is 10.3 Å². The van der Waals surface area contributed by atoms with Gasteiger partial charge in [0, 0.05) is 29.0 Å². The molecule has 2 aromatic rings. The Labute approximate surface area is 126 Å². The van der Waals surface area contributed by atoms with Crippen LogP contribution in [0, 0.1) is 0 Å². The van der Waals surface area contributed by atoms with Gasteiger partial charge in [0.2, 0.25) is 5.91 Å². The molecule has 0 atom stereocenters. The number of rotatable bonds is 5. The first kappa shape index (κ1) is 14.5. The molecular weight excluding hydrogens is 320 g/mol. The summed E-state index contributed by atoms with van der Waals surface area (Å²) in [5.41, 5.74) is 1.88. The lowest BCUT2D eigenvalue weighted by Crippen LogP contribution is -2.24. The van der Waals surface area contributed by atoms with Gasteiger partial charge < -0.3 is 10.1 Å². The van der Waals surface area contributed by atoms with E-state index in [2.05, 4.69) is 26.2 Å². The van der Waals surface area contributed by atoms with Gasteiger partial charge in [-0.05, 0) is 35.9 Å². The van der Waals surface area contributed by atoms with Gasteiger partial charge in [-0.3, -0.25) is 9.78 Å². The lowest BCUT2D eigenvalue weighted by atomic mass is 10.1. The number of carbonyl (C=O) groups is 1. The summed E-state index contributed by atoms with van der Waals surface area (Å²) < 4.78 is 6.18. The minimum absolute atomic E-state index is 0.0433. The Balaban J connectivity index is 1.96. The molecule has 5 heteroatoms. The van der Waals surface area contributed by atoms with Gasteiger partial charge in [0.1, 0.15) is 5.75 Å². The van der Waals surface area contributed by atoms with Crippen LogP contribution in [0.1, 0.15) is 11.1 Å². The molecule has 4 nitrogen and oxygen atoms in total. The molecule has 0 aliphatic heterocycles. The number of hydrogen-bond acceptors (Lipinski definition) is 3. The van der Waals surface area contributed by atoms with Crippen LogP contribution < -0.4 is 10.1 Å². The summed E-state index contributed by atoms with van der Waals surface area (Å²) in [6, 6.07) is 9.37. The number of nitrogens with one attached hydrogen (secondary N) is 1. The van der Waals surface area contributed by atoms with E-state index < -0.39 is 0 Å². The molecule has 0 fully saturated rings. The quantitative estimate of drug-likeness (QED) is 0.914. The number of nitrogens with zero attached hydrogens (tertiary/aromatic N) is 1. The Morgan fingerprint density at radius 2 is 2.05 bits per heavy atom. The third-order valence-electron chi connectivity index (χ3n) is 2.83. The van der Waals surface area contributed by atoms with Crippen molar-refractivity contribution in [3.05, 3.63) is 58.3 Å². The van der Waals surface area contributed by atoms with Crippen LogP contribution in [-0.2, 0) is 17.8 Å². The van der Waals surface area contributed by atoms with E-state index in [0.717, 1.165) is 15.6 Å². The van der Waals surface area contributed by atoms with Crippen LogP contribution in [0.2, 0.25) is 0 Å². The molecule has 0 saturated carbocycles. The number of amides is 1. The van der Waals surface area contributed by atoms with Crippen LogP contribution in [0.15, 0.2) is 47.2 Å². The highest BCUT2D eigenvalue weighted by atomic mass is 79.9. The molecule has 0 aliphatic rings. The van der Waals surface area contributed by atoms with Gasteiger partial charge in [0.05, 0.1) is 13.5 Å². The van der Waals surface area contributed by atoms with Crippen LogP contribution >= 0.6 is 15.9 Å².